The standard InChI is InChI=1S/C31H37F3N6O2S/c1-20-4-5-25(31(42)38-8-6-22(7-9-38)23-15-26(32)29(34)27(33)16-23)28(14-20)40-18-24(35-36-40)17-37-10-12-39(13-11-37)30(41)21(2)19-43-3/h4-5,14-16,18,21-22H,6-13,17,19H2,1-3H3. The third kappa shape index (κ3) is 7.06. The summed E-state index contributed by atoms with van der Waals surface area (Å²) in [6.45, 7) is 8.22. The van der Waals surface area contributed by atoms with Crippen LogP contribution in [0.25, 0.3) is 5.69 Å². The lowest BCUT2D eigenvalue weighted by atomic mass is 9.89. The van der Waals surface area contributed by atoms with Crippen molar-refractivity contribution in [1.82, 2.24) is 29.7 Å². The van der Waals surface area contributed by atoms with Gasteiger partial charge in [0.2, 0.25) is 5.91 Å². The lowest BCUT2D eigenvalue weighted by Gasteiger charge is -2.35. The van der Waals surface area contributed by atoms with E-state index in [9.17, 15) is 22.8 Å². The second-order valence-corrected chi connectivity index (χ2v) is 12.4. The highest BCUT2D eigenvalue weighted by molar-refractivity contribution is 7.98. The number of piperazine rings is 1. The summed E-state index contributed by atoms with van der Waals surface area (Å²) >= 11 is 1.68. The summed E-state index contributed by atoms with van der Waals surface area (Å²) in [7, 11) is 0. The lowest BCUT2D eigenvalue weighted by molar-refractivity contribution is -0.136. The van der Waals surface area contributed by atoms with Crippen molar-refractivity contribution in [1.29, 1.82) is 0 Å². The van der Waals surface area contributed by atoms with Gasteiger partial charge in [-0.2, -0.15) is 11.8 Å². The molecule has 8 nitrogen and oxygen atoms in total. The second kappa shape index (κ2) is 13.5. The van der Waals surface area contributed by atoms with Crippen LogP contribution in [0.4, 0.5) is 13.2 Å². The van der Waals surface area contributed by atoms with Gasteiger partial charge in [0.1, 0.15) is 0 Å². The van der Waals surface area contributed by atoms with Gasteiger partial charge >= 0.3 is 0 Å². The molecule has 2 amide bonds. The van der Waals surface area contributed by atoms with Gasteiger partial charge in [0, 0.05) is 57.5 Å². The van der Waals surface area contributed by atoms with Crippen molar-refractivity contribution in [2.24, 2.45) is 5.92 Å². The van der Waals surface area contributed by atoms with E-state index < -0.39 is 17.5 Å². The number of amides is 2. The number of halogens is 3. The number of thioether (sulfide) groups is 1. The molecule has 43 heavy (non-hydrogen) atoms. The molecule has 0 aliphatic carbocycles. The maximum atomic E-state index is 13.8. The minimum atomic E-state index is -1.47. The zero-order chi connectivity index (χ0) is 30.7. The Kier molecular flexibility index (Phi) is 9.75. The average Bonchev–Trinajstić information content (AvgIpc) is 3.48. The van der Waals surface area contributed by atoms with Gasteiger partial charge in [0.25, 0.3) is 5.91 Å². The highest BCUT2D eigenvalue weighted by Crippen LogP contribution is 2.31. The highest BCUT2D eigenvalue weighted by Gasteiger charge is 2.29. The molecule has 0 saturated carbocycles. The van der Waals surface area contributed by atoms with Gasteiger partial charge in [-0.25, -0.2) is 17.9 Å². The topological polar surface area (TPSA) is 74.6 Å². The number of carbonyl (C=O) groups is 2. The van der Waals surface area contributed by atoms with Crippen LogP contribution in [-0.2, 0) is 11.3 Å². The fourth-order valence-corrected chi connectivity index (χ4v) is 6.53. The minimum absolute atomic E-state index is 0.0167. The Labute approximate surface area is 254 Å². The van der Waals surface area contributed by atoms with Crippen LogP contribution in [-0.4, -0.2) is 92.8 Å². The van der Waals surface area contributed by atoms with Crippen LogP contribution in [0, 0.1) is 30.3 Å². The van der Waals surface area contributed by atoms with Crippen LogP contribution < -0.4 is 0 Å². The van der Waals surface area contributed by atoms with Crippen molar-refractivity contribution in [2.75, 3.05) is 51.3 Å². The van der Waals surface area contributed by atoms with E-state index in [0.717, 1.165) is 42.2 Å². The molecule has 2 fully saturated rings. The van der Waals surface area contributed by atoms with Crippen LogP contribution in [0.15, 0.2) is 36.5 Å². The molecule has 2 aliphatic heterocycles. The summed E-state index contributed by atoms with van der Waals surface area (Å²) < 4.78 is 42.6. The Bertz CT molecular complexity index is 1440. The predicted octanol–water partition coefficient (Wildman–Crippen LogP) is 4.66. The van der Waals surface area contributed by atoms with Crippen molar-refractivity contribution in [2.45, 2.75) is 39.2 Å². The Balaban J connectivity index is 1.22. The molecular formula is C31H37F3N6O2S. The number of aryl methyl sites for hydroxylation is 1. The molecule has 0 spiro atoms. The summed E-state index contributed by atoms with van der Waals surface area (Å²) in [5.41, 5.74) is 3.28. The number of likely N-dealkylation sites (tertiary alicyclic amines) is 1. The Hall–Kier alpha value is -3.38. The van der Waals surface area contributed by atoms with Crippen molar-refractivity contribution >= 4 is 23.6 Å². The molecule has 0 bridgehead atoms. The molecule has 230 valence electrons. The Morgan fingerprint density at radius 3 is 2.30 bits per heavy atom. The van der Waals surface area contributed by atoms with E-state index in [1.165, 1.54) is 0 Å². The molecule has 3 aromatic rings. The number of rotatable bonds is 8. The number of carbonyl (C=O) groups excluding carboxylic acids is 2. The van der Waals surface area contributed by atoms with Crippen molar-refractivity contribution in [3.63, 3.8) is 0 Å². The van der Waals surface area contributed by atoms with Gasteiger partial charge in [0.05, 0.1) is 23.1 Å². The third-order valence-electron chi connectivity index (χ3n) is 8.34. The van der Waals surface area contributed by atoms with Crippen molar-refractivity contribution in [3.05, 3.63) is 76.4 Å². The molecule has 5 rings (SSSR count). The summed E-state index contributed by atoms with van der Waals surface area (Å²) in [6, 6.07) is 7.68. The quantitative estimate of drug-likeness (QED) is 0.344. The summed E-state index contributed by atoms with van der Waals surface area (Å²) in [5.74, 6) is -3.13. The molecular weight excluding hydrogens is 577 g/mol. The molecule has 1 unspecified atom stereocenters. The molecule has 3 heterocycles. The first kappa shape index (κ1) is 31.1. The molecule has 2 saturated heterocycles. The van der Waals surface area contributed by atoms with Gasteiger partial charge in [0.15, 0.2) is 17.5 Å². The van der Waals surface area contributed by atoms with Gasteiger partial charge in [-0.15, -0.1) is 5.10 Å². The second-order valence-electron chi connectivity index (χ2n) is 11.5. The Morgan fingerprint density at radius 1 is 0.977 bits per heavy atom. The van der Waals surface area contributed by atoms with Gasteiger partial charge in [-0.05, 0) is 67.3 Å². The Morgan fingerprint density at radius 2 is 1.65 bits per heavy atom. The highest BCUT2D eigenvalue weighted by atomic mass is 32.2. The molecule has 0 N–H and O–H groups in total. The van der Waals surface area contributed by atoms with E-state index in [1.807, 2.05) is 43.3 Å². The van der Waals surface area contributed by atoms with E-state index in [2.05, 4.69) is 15.2 Å². The summed E-state index contributed by atoms with van der Waals surface area (Å²) in [4.78, 5) is 32.2. The first-order valence-corrected chi connectivity index (χ1v) is 16.0. The van der Waals surface area contributed by atoms with Gasteiger partial charge in [-0.3, -0.25) is 14.5 Å². The zero-order valence-corrected chi connectivity index (χ0v) is 25.5. The van der Waals surface area contributed by atoms with E-state index >= 15 is 0 Å². The number of aromatic nitrogens is 3. The number of hydrogen-bond acceptors (Lipinski definition) is 6. The summed E-state index contributed by atoms with van der Waals surface area (Å²) in [6.07, 6.45) is 4.88. The van der Waals surface area contributed by atoms with E-state index in [1.54, 1.807) is 27.4 Å². The molecule has 1 atom stereocenters. The molecule has 0 radical (unpaired) electrons. The predicted molar refractivity (Wildman–Crippen MR) is 160 cm³/mol. The molecule has 1 aromatic heterocycles. The molecule has 2 aliphatic rings. The molecule has 12 heteroatoms. The largest absolute Gasteiger partial charge is 0.340 e. The molecule has 2 aromatic carbocycles. The SMILES string of the molecule is CSCC(C)C(=O)N1CCN(Cc2cn(-c3cc(C)ccc3C(=O)N3CCC(c4cc(F)c(F)c(F)c4)CC3)nn2)CC1. The normalized spacial score (nSPS) is 17.3. The first-order chi connectivity index (χ1) is 20.6. The number of hydrogen-bond donors (Lipinski definition) is 0. The maximum absolute atomic E-state index is 13.8. The average molecular weight is 615 g/mol. The van der Waals surface area contributed by atoms with Crippen LogP contribution in [0.3, 0.4) is 0 Å². The van der Waals surface area contributed by atoms with E-state index in [-0.39, 0.29) is 23.7 Å². The number of benzene rings is 2. The van der Waals surface area contributed by atoms with Crippen LogP contribution >= 0.6 is 11.8 Å². The van der Waals surface area contributed by atoms with Crippen LogP contribution in [0.2, 0.25) is 0 Å². The maximum Gasteiger partial charge on any atom is 0.256 e. The van der Waals surface area contributed by atoms with Crippen molar-refractivity contribution < 1.29 is 22.8 Å². The zero-order valence-electron chi connectivity index (χ0n) is 24.7. The smallest absolute Gasteiger partial charge is 0.256 e. The van der Waals surface area contributed by atoms with Gasteiger partial charge < -0.3 is 9.80 Å². The van der Waals surface area contributed by atoms with Gasteiger partial charge in [-0.1, -0.05) is 18.2 Å². The lowest BCUT2D eigenvalue weighted by Crippen LogP contribution is -2.50. The number of nitrogens with zero attached hydrogens (tertiary/aromatic N) is 6. The monoisotopic (exact) mass is 614 g/mol. The first-order valence-electron chi connectivity index (χ1n) is 14.6. The summed E-state index contributed by atoms with van der Waals surface area (Å²) in [5, 5.41) is 8.72. The fraction of sp³-hybridized carbons (Fsp3) is 0.484. The van der Waals surface area contributed by atoms with E-state index in [0.29, 0.717) is 62.4 Å². The number of piperidine rings is 1. The van der Waals surface area contributed by atoms with Crippen molar-refractivity contribution in [3.8, 4) is 5.69 Å². The van der Waals surface area contributed by atoms with Crippen LogP contribution in [0.5, 0.6) is 0 Å². The minimum Gasteiger partial charge on any atom is -0.340 e. The van der Waals surface area contributed by atoms with E-state index in [4.69, 9.17) is 0 Å². The van der Waals surface area contributed by atoms with Crippen LogP contribution in [0.1, 0.15) is 52.9 Å². The third-order valence-corrected chi connectivity index (χ3v) is 9.17. The fourth-order valence-electron chi connectivity index (χ4n) is 5.89.